The molecule has 56 heavy (non-hydrogen) atoms. The van der Waals surface area contributed by atoms with Gasteiger partial charge < -0.3 is 39.2 Å². The Bertz CT molecular complexity index is 2030. The van der Waals surface area contributed by atoms with E-state index in [9.17, 15) is 32.4 Å². The number of esters is 1. The summed E-state index contributed by atoms with van der Waals surface area (Å²) in [6.45, 7) is 5.49. The van der Waals surface area contributed by atoms with Crippen LogP contribution in [0.3, 0.4) is 0 Å². The number of anilines is 1. The minimum atomic E-state index is -3.30. The topological polar surface area (TPSA) is 193 Å². The first-order valence-electron chi connectivity index (χ1n) is 18.1. The number of Topliss-reactive ketones (excluding diaryl/α,β-unsaturated/α-hetero) is 1. The van der Waals surface area contributed by atoms with Crippen molar-refractivity contribution in [3.8, 4) is 16.9 Å². The lowest BCUT2D eigenvalue weighted by molar-refractivity contribution is -0.241. The molecular formula is C40H47N3O12S. The number of ether oxygens (including phenoxy) is 5. The Labute approximate surface area is 325 Å². The quantitative estimate of drug-likeness (QED) is 0.170. The van der Waals surface area contributed by atoms with E-state index < -0.39 is 58.9 Å². The molecule has 3 amide bonds. The molecule has 0 saturated carbocycles. The van der Waals surface area contributed by atoms with E-state index in [0.717, 1.165) is 33.4 Å². The number of sulfone groups is 1. The Morgan fingerprint density at radius 3 is 2.12 bits per heavy atom. The highest BCUT2D eigenvalue weighted by molar-refractivity contribution is 7.90. The van der Waals surface area contributed by atoms with Crippen LogP contribution < -0.4 is 15.4 Å². The fraction of sp³-hybridized carbons (Fsp3) is 0.425. The molecule has 0 radical (unpaired) electrons. The van der Waals surface area contributed by atoms with Crippen molar-refractivity contribution >= 4 is 45.4 Å². The number of hydrogen-bond donors (Lipinski definition) is 2. The standard InChI is InChI=1S/C40H47N3O12S/c1-23-24(2)37(53-26(4)45)38(55-36(23)25(3)44)54-34-16-15-27(21-51-39(47)41-17-18-56(6,49)50)19-33(34)42-35(46)20-43(5)40(48)52-22-32-30-13-9-7-11-28(30)29-12-8-10-14-31(29)32/h7-16,19,23-24,32,36-38H,17-18,20-22H2,1-6H3,(H,41,47)(H,42,46)/t23-,24-,36?,37?,38+/m0/s1. The number of carbonyl (C=O) groups is 5. The van der Waals surface area contributed by atoms with Crippen molar-refractivity contribution in [3.63, 3.8) is 0 Å². The van der Waals surface area contributed by atoms with E-state index in [1.54, 1.807) is 6.07 Å². The first kappa shape index (κ1) is 41.7. The summed E-state index contributed by atoms with van der Waals surface area (Å²) in [6, 6.07) is 20.4. The number of ketones is 1. The third-order valence-corrected chi connectivity index (χ3v) is 10.7. The second-order valence-corrected chi connectivity index (χ2v) is 16.4. The second-order valence-electron chi connectivity index (χ2n) is 14.1. The minimum absolute atomic E-state index is 0.0594. The van der Waals surface area contributed by atoms with Gasteiger partial charge >= 0.3 is 18.2 Å². The fourth-order valence-electron chi connectivity index (χ4n) is 6.79. The van der Waals surface area contributed by atoms with Crippen molar-refractivity contribution in [2.45, 2.75) is 58.7 Å². The first-order chi connectivity index (χ1) is 26.5. The van der Waals surface area contributed by atoms with Crippen LogP contribution in [0.4, 0.5) is 15.3 Å². The number of alkyl carbamates (subject to hydrolysis) is 1. The van der Waals surface area contributed by atoms with Gasteiger partial charge in [-0.15, -0.1) is 0 Å². The lowest BCUT2D eigenvalue weighted by atomic mass is 9.82. The number of amides is 3. The molecule has 5 atom stereocenters. The number of rotatable bonds is 14. The van der Waals surface area contributed by atoms with Crippen LogP contribution in [0.15, 0.2) is 66.7 Å². The maximum atomic E-state index is 13.5. The predicted octanol–water partition coefficient (Wildman–Crippen LogP) is 4.67. The molecule has 1 aliphatic carbocycles. The Hall–Kier alpha value is -5.48. The summed E-state index contributed by atoms with van der Waals surface area (Å²) in [4.78, 5) is 64.6. The van der Waals surface area contributed by atoms with E-state index in [-0.39, 0.29) is 60.5 Å². The highest BCUT2D eigenvalue weighted by Crippen LogP contribution is 2.44. The molecule has 1 saturated heterocycles. The number of nitrogens with zero attached hydrogens (tertiary/aromatic N) is 1. The van der Waals surface area contributed by atoms with Crippen LogP contribution in [0.2, 0.25) is 0 Å². The van der Waals surface area contributed by atoms with Crippen molar-refractivity contribution in [2.75, 3.05) is 44.1 Å². The van der Waals surface area contributed by atoms with Gasteiger partial charge in [0.2, 0.25) is 12.2 Å². The Morgan fingerprint density at radius 1 is 0.875 bits per heavy atom. The van der Waals surface area contributed by atoms with Crippen molar-refractivity contribution in [3.05, 3.63) is 83.4 Å². The van der Waals surface area contributed by atoms with Gasteiger partial charge in [-0.2, -0.15) is 0 Å². The van der Waals surface area contributed by atoms with Gasteiger partial charge in [-0.1, -0.05) is 68.4 Å². The van der Waals surface area contributed by atoms with Gasteiger partial charge in [0.05, 0.1) is 11.4 Å². The average Bonchev–Trinajstić information content (AvgIpc) is 3.46. The lowest BCUT2D eigenvalue weighted by Crippen LogP contribution is -2.55. The van der Waals surface area contributed by atoms with Crippen LogP contribution >= 0.6 is 0 Å². The third-order valence-electron chi connectivity index (χ3n) is 9.78. The zero-order valence-electron chi connectivity index (χ0n) is 32.1. The smallest absolute Gasteiger partial charge is 0.409 e. The first-order valence-corrected chi connectivity index (χ1v) is 20.2. The molecule has 0 bridgehead atoms. The van der Waals surface area contributed by atoms with Gasteiger partial charge in [0, 0.05) is 38.6 Å². The molecule has 300 valence electrons. The summed E-state index contributed by atoms with van der Waals surface area (Å²) in [5.41, 5.74) is 4.73. The van der Waals surface area contributed by atoms with Crippen molar-refractivity contribution in [1.29, 1.82) is 0 Å². The summed E-state index contributed by atoms with van der Waals surface area (Å²) in [7, 11) is -1.88. The SMILES string of the molecule is CC(=O)OC1[C@H](Oc2ccc(COC(=O)NCCS(C)(=O)=O)cc2NC(=O)CN(C)C(=O)OCC2c3ccccc3-c3ccccc32)OC(C(C)=O)[C@@H](C)[C@@H]1C. The monoisotopic (exact) mass is 793 g/mol. The molecule has 2 N–H and O–H groups in total. The number of likely N-dealkylation sites (N-methyl/N-ethyl adjacent to an activating group) is 1. The number of nitrogens with one attached hydrogen (secondary N) is 2. The van der Waals surface area contributed by atoms with Crippen LogP contribution in [0, 0.1) is 11.8 Å². The number of benzene rings is 3. The van der Waals surface area contributed by atoms with E-state index in [1.807, 2.05) is 62.4 Å². The Kier molecular flexibility index (Phi) is 13.4. The highest BCUT2D eigenvalue weighted by Gasteiger charge is 2.46. The molecule has 15 nitrogen and oxygen atoms in total. The lowest BCUT2D eigenvalue weighted by Gasteiger charge is -2.42. The van der Waals surface area contributed by atoms with Crippen molar-refractivity contribution in [2.24, 2.45) is 11.8 Å². The summed E-state index contributed by atoms with van der Waals surface area (Å²) in [5.74, 6) is -2.51. The number of fused-ring (bicyclic) bond motifs is 3. The molecule has 0 spiro atoms. The number of carbonyl (C=O) groups excluding carboxylic acids is 5. The highest BCUT2D eigenvalue weighted by atomic mass is 32.2. The van der Waals surface area contributed by atoms with E-state index in [4.69, 9.17) is 23.7 Å². The van der Waals surface area contributed by atoms with Crippen LogP contribution in [0.1, 0.15) is 50.3 Å². The number of hydrogen-bond acceptors (Lipinski definition) is 12. The van der Waals surface area contributed by atoms with E-state index in [1.165, 1.54) is 33.0 Å². The van der Waals surface area contributed by atoms with Crippen LogP contribution in [0.25, 0.3) is 11.1 Å². The second kappa shape index (κ2) is 18.0. The van der Waals surface area contributed by atoms with Crippen molar-refractivity contribution < 1.29 is 56.1 Å². The molecule has 2 unspecified atom stereocenters. The summed E-state index contributed by atoms with van der Waals surface area (Å²) < 4.78 is 51.6. The molecule has 1 fully saturated rings. The summed E-state index contributed by atoms with van der Waals surface area (Å²) >= 11 is 0. The van der Waals surface area contributed by atoms with Crippen molar-refractivity contribution in [1.82, 2.24) is 10.2 Å². The van der Waals surface area contributed by atoms with Crippen LogP contribution in [-0.4, -0.2) is 100 Å². The van der Waals surface area contributed by atoms with Gasteiger partial charge in [0.25, 0.3) is 0 Å². The zero-order chi connectivity index (χ0) is 40.7. The molecule has 1 aliphatic heterocycles. The van der Waals surface area contributed by atoms with Crippen LogP contribution in [-0.2, 0) is 49.8 Å². The summed E-state index contributed by atoms with van der Waals surface area (Å²) in [6.07, 6.45) is -3.56. The van der Waals surface area contributed by atoms with Gasteiger partial charge in [-0.25, -0.2) is 18.0 Å². The minimum Gasteiger partial charge on any atom is -0.459 e. The molecule has 1 heterocycles. The molecule has 5 rings (SSSR count). The molecule has 0 aromatic heterocycles. The Balaban J connectivity index is 1.30. The van der Waals surface area contributed by atoms with Gasteiger partial charge in [-0.3, -0.25) is 14.4 Å². The zero-order valence-corrected chi connectivity index (χ0v) is 32.9. The molecule has 16 heteroatoms. The Morgan fingerprint density at radius 2 is 1.52 bits per heavy atom. The molecule has 3 aromatic carbocycles. The average molecular weight is 794 g/mol. The van der Waals surface area contributed by atoms with E-state index in [0.29, 0.717) is 5.56 Å². The van der Waals surface area contributed by atoms with E-state index >= 15 is 0 Å². The van der Waals surface area contributed by atoms with Gasteiger partial charge in [0.15, 0.2) is 11.9 Å². The van der Waals surface area contributed by atoms with Crippen LogP contribution in [0.5, 0.6) is 5.75 Å². The maximum absolute atomic E-state index is 13.5. The molecule has 3 aromatic rings. The van der Waals surface area contributed by atoms with Gasteiger partial charge in [-0.05, 0) is 52.8 Å². The fourth-order valence-corrected chi connectivity index (χ4v) is 7.26. The van der Waals surface area contributed by atoms with E-state index in [2.05, 4.69) is 10.6 Å². The third kappa shape index (κ3) is 10.4. The molecular weight excluding hydrogens is 747 g/mol. The normalized spacial score (nSPS) is 20.1. The predicted molar refractivity (Wildman–Crippen MR) is 205 cm³/mol. The summed E-state index contributed by atoms with van der Waals surface area (Å²) in [5, 5.41) is 5.09. The largest absolute Gasteiger partial charge is 0.459 e. The maximum Gasteiger partial charge on any atom is 0.409 e. The molecule has 2 aliphatic rings. The van der Waals surface area contributed by atoms with Gasteiger partial charge in [0.1, 0.15) is 41.4 Å².